The van der Waals surface area contributed by atoms with E-state index in [4.69, 9.17) is 5.26 Å². The second-order valence-corrected chi connectivity index (χ2v) is 5.14. The Morgan fingerprint density at radius 1 is 1.59 bits per heavy atom. The van der Waals surface area contributed by atoms with Crippen LogP contribution in [0.2, 0.25) is 0 Å². The average Bonchev–Trinajstić information content (AvgIpc) is 2.28. The molecule has 1 atom stereocenters. The van der Waals surface area contributed by atoms with Crippen molar-refractivity contribution in [3.05, 3.63) is 28.7 Å². The van der Waals surface area contributed by atoms with E-state index in [1.165, 1.54) is 6.20 Å². The molecule has 1 aromatic rings. The van der Waals surface area contributed by atoms with Crippen molar-refractivity contribution in [3.8, 4) is 6.07 Å². The molecule has 1 heterocycles. The van der Waals surface area contributed by atoms with Gasteiger partial charge in [-0.3, -0.25) is 4.79 Å². The highest BCUT2D eigenvalue weighted by atomic mass is 32.2. The summed E-state index contributed by atoms with van der Waals surface area (Å²) in [5.41, 5.74) is -0.580. The molecular weight excluding hydrogens is 242 g/mol. The van der Waals surface area contributed by atoms with Gasteiger partial charge in [0, 0.05) is 24.5 Å². The molecule has 0 aliphatic heterocycles. The molecule has 17 heavy (non-hydrogen) atoms. The maximum Gasteiger partial charge on any atom is 0.246 e. The van der Waals surface area contributed by atoms with Crippen molar-refractivity contribution >= 4 is 10.0 Å². The van der Waals surface area contributed by atoms with Crippen molar-refractivity contribution in [1.29, 1.82) is 5.26 Å². The minimum atomic E-state index is -3.87. The van der Waals surface area contributed by atoms with Gasteiger partial charge in [-0.05, 0) is 6.42 Å². The molecule has 2 N–H and O–H groups in total. The van der Waals surface area contributed by atoms with Crippen LogP contribution in [0.15, 0.2) is 28.2 Å². The maximum atomic E-state index is 11.9. The van der Waals surface area contributed by atoms with E-state index in [1.807, 2.05) is 6.07 Å². The van der Waals surface area contributed by atoms with Gasteiger partial charge in [-0.15, -0.1) is 0 Å². The van der Waals surface area contributed by atoms with E-state index in [9.17, 15) is 13.2 Å². The lowest BCUT2D eigenvalue weighted by atomic mass is 10.2. The van der Waals surface area contributed by atoms with Gasteiger partial charge in [0.1, 0.15) is 4.90 Å². The number of H-pyrrole nitrogens is 1. The highest BCUT2D eigenvalue weighted by molar-refractivity contribution is 7.89. The summed E-state index contributed by atoms with van der Waals surface area (Å²) in [5.74, 6) is 0. The monoisotopic (exact) mass is 255 g/mol. The number of aromatic amines is 1. The predicted molar refractivity (Wildman–Crippen MR) is 61.7 cm³/mol. The van der Waals surface area contributed by atoms with Gasteiger partial charge in [0.15, 0.2) is 0 Å². The normalized spacial score (nSPS) is 12.9. The first kappa shape index (κ1) is 13.4. The molecule has 0 aliphatic carbocycles. The Hall–Kier alpha value is -1.65. The van der Waals surface area contributed by atoms with Crippen LogP contribution in [0, 0.1) is 11.3 Å². The van der Waals surface area contributed by atoms with Gasteiger partial charge in [0.25, 0.3) is 0 Å². The first-order valence-electron chi connectivity index (χ1n) is 5.07. The Morgan fingerprint density at radius 2 is 2.29 bits per heavy atom. The lowest BCUT2D eigenvalue weighted by Gasteiger charge is -2.13. The number of nitriles is 1. The third-order valence-corrected chi connectivity index (χ3v) is 3.77. The van der Waals surface area contributed by atoms with Crippen LogP contribution in [0.1, 0.15) is 19.8 Å². The second kappa shape index (κ2) is 5.61. The minimum absolute atomic E-state index is 0.0699. The molecular formula is C10H13N3O3S. The van der Waals surface area contributed by atoms with Gasteiger partial charge in [-0.1, -0.05) is 6.92 Å². The highest BCUT2D eigenvalue weighted by Gasteiger charge is 2.21. The predicted octanol–water partition coefficient (Wildman–Crippen LogP) is 0.345. The molecule has 0 radical (unpaired) electrons. The summed E-state index contributed by atoms with van der Waals surface area (Å²) in [5, 5.41) is 8.54. The van der Waals surface area contributed by atoms with Gasteiger partial charge in [-0.2, -0.15) is 5.26 Å². The van der Waals surface area contributed by atoms with Gasteiger partial charge < -0.3 is 4.98 Å². The van der Waals surface area contributed by atoms with Crippen molar-refractivity contribution in [2.75, 3.05) is 0 Å². The molecule has 0 aliphatic rings. The van der Waals surface area contributed by atoms with E-state index in [2.05, 4.69) is 9.71 Å². The molecule has 0 spiro atoms. The molecule has 6 nitrogen and oxygen atoms in total. The fourth-order valence-corrected chi connectivity index (χ4v) is 2.65. The lowest BCUT2D eigenvalue weighted by Crippen LogP contribution is -2.36. The third kappa shape index (κ3) is 3.41. The molecule has 0 saturated carbocycles. The van der Waals surface area contributed by atoms with Crippen LogP contribution in [0.5, 0.6) is 0 Å². The Bertz CT molecular complexity index is 571. The largest absolute Gasteiger partial charge is 0.366 e. The average molecular weight is 255 g/mol. The zero-order chi connectivity index (χ0) is 12.9. The zero-order valence-corrected chi connectivity index (χ0v) is 10.1. The van der Waals surface area contributed by atoms with Crippen LogP contribution < -0.4 is 10.2 Å². The van der Waals surface area contributed by atoms with Crippen LogP contribution in [-0.2, 0) is 10.0 Å². The van der Waals surface area contributed by atoms with E-state index >= 15 is 0 Å². The molecule has 1 aromatic heterocycles. The summed E-state index contributed by atoms with van der Waals surface area (Å²) in [6.45, 7) is 1.76. The Morgan fingerprint density at radius 3 is 2.82 bits per heavy atom. The minimum Gasteiger partial charge on any atom is -0.366 e. The summed E-state index contributed by atoms with van der Waals surface area (Å²) < 4.78 is 26.0. The SMILES string of the molecule is CCC(CC#N)NS(=O)(=O)c1c[nH]ccc1=O. The van der Waals surface area contributed by atoms with Gasteiger partial charge >= 0.3 is 0 Å². The zero-order valence-electron chi connectivity index (χ0n) is 9.30. The molecule has 0 bridgehead atoms. The Labute approximate surface area is 99.3 Å². The summed E-state index contributed by atoms with van der Waals surface area (Å²) in [6, 6.07) is 2.55. The quantitative estimate of drug-likeness (QED) is 0.792. The van der Waals surface area contributed by atoms with Crippen LogP contribution in [-0.4, -0.2) is 19.4 Å². The number of rotatable bonds is 5. The molecule has 1 unspecified atom stereocenters. The van der Waals surface area contributed by atoms with Gasteiger partial charge in [-0.25, -0.2) is 13.1 Å². The maximum absolute atomic E-state index is 11.9. The molecule has 0 aromatic carbocycles. The first-order valence-corrected chi connectivity index (χ1v) is 6.56. The fraction of sp³-hybridized carbons (Fsp3) is 0.400. The van der Waals surface area contributed by atoms with Crippen LogP contribution in [0.4, 0.5) is 0 Å². The van der Waals surface area contributed by atoms with Crippen LogP contribution in [0.25, 0.3) is 0 Å². The summed E-state index contributed by atoms with van der Waals surface area (Å²) >= 11 is 0. The Balaban J connectivity index is 3.02. The van der Waals surface area contributed by atoms with E-state index in [0.717, 1.165) is 12.3 Å². The third-order valence-electron chi connectivity index (χ3n) is 2.23. The second-order valence-electron chi connectivity index (χ2n) is 3.46. The number of nitrogens with one attached hydrogen (secondary N) is 2. The topological polar surface area (TPSA) is 103 Å². The molecule has 0 fully saturated rings. The number of pyridine rings is 1. The van der Waals surface area contributed by atoms with Crippen molar-refractivity contribution in [2.24, 2.45) is 0 Å². The van der Waals surface area contributed by atoms with E-state index in [1.54, 1.807) is 6.92 Å². The van der Waals surface area contributed by atoms with Crippen molar-refractivity contribution < 1.29 is 8.42 Å². The highest BCUT2D eigenvalue weighted by Crippen LogP contribution is 2.05. The number of hydrogen-bond acceptors (Lipinski definition) is 4. The summed E-state index contributed by atoms with van der Waals surface area (Å²) in [4.78, 5) is 13.6. The summed E-state index contributed by atoms with van der Waals surface area (Å²) in [6.07, 6.45) is 3.04. The first-order chi connectivity index (χ1) is 8.01. The number of sulfonamides is 1. The summed E-state index contributed by atoms with van der Waals surface area (Å²) in [7, 11) is -3.87. The van der Waals surface area contributed by atoms with E-state index in [0.29, 0.717) is 6.42 Å². The molecule has 1 rings (SSSR count). The molecule has 92 valence electrons. The fourth-order valence-electron chi connectivity index (χ4n) is 1.27. The van der Waals surface area contributed by atoms with E-state index in [-0.39, 0.29) is 11.3 Å². The standard InChI is InChI=1S/C10H13N3O3S/c1-2-8(3-5-11)13-17(15,16)10-7-12-6-4-9(10)14/h4,6-8,13H,2-3H2,1H3,(H,12,14). The molecule has 0 saturated heterocycles. The Kier molecular flexibility index (Phi) is 4.43. The van der Waals surface area contributed by atoms with Crippen LogP contribution >= 0.6 is 0 Å². The van der Waals surface area contributed by atoms with Crippen molar-refractivity contribution in [3.63, 3.8) is 0 Å². The number of hydrogen-bond donors (Lipinski definition) is 2. The van der Waals surface area contributed by atoms with Crippen molar-refractivity contribution in [2.45, 2.75) is 30.7 Å². The number of aromatic nitrogens is 1. The molecule has 7 heteroatoms. The van der Waals surface area contributed by atoms with E-state index < -0.39 is 21.5 Å². The number of nitrogens with zero attached hydrogens (tertiary/aromatic N) is 1. The molecule has 0 amide bonds. The smallest absolute Gasteiger partial charge is 0.246 e. The van der Waals surface area contributed by atoms with Crippen LogP contribution in [0.3, 0.4) is 0 Å². The van der Waals surface area contributed by atoms with Gasteiger partial charge in [0.05, 0.1) is 12.5 Å². The van der Waals surface area contributed by atoms with Gasteiger partial charge in [0.2, 0.25) is 15.5 Å². The van der Waals surface area contributed by atoms with Crippen molar-refractivity contribution in [1.82, 2.24) is 9.71 Å². The lowest BCUT2D eigenvalue weighted by molar-refractivity contribution is 0.542.